The number of halogens is 3. The first-order chi connectivity index (χ1) is 9.92. The zero-order valence-corrected chi connectivity index (χ0v) is 10.9. The number of ether oxygens (including phenoxy) is 1. The smallest absolute Gasteiger partial charge is 0.261 e. The molecule has 4 nitrogen and oxygen atoms in total. The van der Waals surface area contributed by atoms with Crippen molar-refractivity contribution in [2.75, 3.05) is 18.2 Å². The van der Waals surface area contributed by atoms with Crippen molar-refractivity contribution in [3.05, 3.63) is 53.3 Å². The summed E-state index contributed by atoms with van der Waals surface area (Å²) >= 11 is 0. The number of nitrogen functional groups attached to an aromatic ring is 1. The van der Waals surface area contributed by atoms with E-state index in [2.05, 4.69) is 5.32 Å². The van der Waals surface area contributed by atoms with Crippen LogP contribution in [0, 0.1) is 17.5 Å². The van der Waals surface area contributed by atoms with Crippen LogP contribution in [0.25, 0.3) is 0 Å². The van der Waals surface area contributed by atoms with E-state index in [9.17, 15) is 18.0 Å². The van der Waals surface area contributed by atoms with Gasteiger partial charge in [0.05, 0.1) is 12.8 Å². The normalized spacial score (nSPS) is 10.3. The molecule has 2 rings (SSSR count). The lowest BCUT2D eigenvalue weighted by Crippen LogP contribution is -2.16. The maximum atomic E-state index is 13.5. The van der Waals surface area contributed by atoms with E-state index in [4.69, 9.17) is 10.5 Å². The third-order valence-electron chi connectivity index (χ3n) is 2.72. The van der Waals surface area contributed by atoms with Gasteiger partial charge in [-0.2, -0.15) is 0 Å². The van der Waals surface area contributed by atoms with Crippen LogP contribution in [-0.4, -0.2) is 13.0 Å². The molecule has 0 aromatic heterocycles. The monoisotopic (exact) mass is 296 g/mol. The van der Waals surface area contributed by atoms with Gasteiger partial charge >= 0.3 is 0 Å². The lowest BCUT2D eigenvalue weighted by Gasteiger charge is -2.10. The van der Waals surface area contributed by atoms with Crippen molar-refractivity contribution >= 4 is 17.3 Å². The molecule has 0 saturated heterocycles. The lowest BCUT2D eigenvalue weighted by atomic mass is 10.1. The first-order valence-electron chi connectivity index (χ1n) is 5.81. The molecule has 0 radical (unpaired) electrons. The number of hydrogen-bond donors (Lipinski definition) is 2. The van der Waals surface area contributed by atoms with E-state index in [1.54, 1.807) is 0 Å². The molecule has 110 valence electrons. The SMILES string of the molecule is COc1ccc(NC(=O)c2c(F)cc(F)cc2F)cc1N. The summed E-state index contributed by atoms with van der Waals surface area (Å²) in [5, 5.41) is 2.27. The van der Waals surface area contributed by atoms with E-state index in [1.807, 2.05) is 0 Å². The second kappa shape index (κ2) is 5.74. The lowest BCUT2D eigenvalue weighted by molar-refractivity contribution is 0.101. The van der Waals surface area contributed by atoms with Crippen LogP contribution in [0.3, 0.4) is 0 Å². The van der Waals surface area contributed by atoms with Crippen molar-refractivity contribution in [1.82, 2.24) is 0 Å². The molecule has 0 aliphatic rings. The second-order valence-electron chi connectivity index (χ2n) is 4.16. The Bertz CT molecular complexity index is 682. The third kappa shape index (κ3) is 3.07. The van der Waals surface area contributed by atoms with Gasteiger partial charge < -0.3 is 15.8 Å². The number of carbonyl (C=O) groups excluding carboxylic acids is 1. The fourth-order valence-electron chi connectivity index (χ4n) is 1.76. The summed E-state index contributed by atoms with van der Waals surface area (Å²) in [5.74, 6) is -4.32. The molecule has 7 heteroatoms. The highest BCUT2D eigenvalue weighted by molar-refractivity contribution is 6.04. The van der Waals surface area contributed by atoms with E-state index in [1.165, 1.54) is 25.3 Å². The van der Waals surface area contributed by atoms with Gasteiger partial charge in [-0.05, 0) is 18.2 Å². The summed E-state index contributed by atoms with van der Waals surface area (Å²) in [6, 6.07) is 5.17. The molecule has 0 saturated carbocycles. The number of hydrogen-bond acceptors (Lipinski definition) is 3. The number of rotatable bonds is 3. The van der Waals surface area contributed by atoms with Crippen LogP contribution in [0.15, 0.2) is 30.3 Å². The summed E-state index contributed by atoms with van der Waals surface area (Å²) in [6.07, 6.45) is 0. The van der Waals surface area contributed by atoms with E-state index in [0.717, 1.165) is 0 Å². The third-order valence-corrected chi connectivity index (χ3v) is 2.72. The van der Waals surface area contributed by atoms with Gasteiger partial charge in [-0.25, -0.2) is 13.2 Å². The van der Waals surface area contributed by atoms with E-state index >= 15 is 0 Å². The first kappa shape index (κ1) is 14.7. The standard InChI is InChI=1S/C14H11F3N2O2/c1-21-12-3-2-8(6-11(12)18)19-14(20)13-9(16)4-7(15)5-10(13)17/h2-6H,18H2,1H3,(H,19,20). The molecule has 2 aromatic carbocycles. The Morgan fingerprint density at radius 1 is 1.14 bits per heavy atom. The number of benzene rings is 2. The Kier molecular flexibility index (Phi) is 4.02. The van der Waals surface area contributed by atoms with Crippen LogP contribution in [0.4, 0.5) is 24.5 Å². The summed E-state index contributed by atoms with van der Waals surface area (Å²) in [4.78, 5) is 11.8. The minimum atomic E-state index is -1.29. The van der Waals surface area contributed by atoms with Gasteiger partial charge in [0, 0.05) is 17.8 Å². The predicted molar refractivity (Wildman–Crippen MR) is 71.7 cm³/mol. The Hall–Kier alpha value is -2.70. The molecule has 0 aliphatic heterocycles. The molecule has 0 aliphatic carbocycles. The van der Waals surface area contributed by atoms with Gasteiger partial charge in [-0.15, -0.1) is 0 Å². The van der Waals surface area contributed by atoms with Crippen LogP contribution in [-0.2, 0) is 0 Å². The number of anilines is 2. The average Bonchev–Trinajstić information content (AvgIpc) is 2.37. The zero-order chi connectivity index (χ0) is 15.6. The van der Waals surface area contributed by atoms with Gasteiger partial charge in [0.2, 0.25) is 0 Å². The molecule has 0 atom stereocenters. The number of nitrogens with two attached hydrogens (primary N) is 1. The molecule has 3 N–H and O–H groups in total. The number of carbonyl (C=O) groups is 1. The van der Waals surface area contributed by atoms with E-state index in [-0.39, 0.29) is 11.4 Å². The van der Waals surface area contributed by atoms with Gasteiger partial charge in [-0.1, -0.05) is 0 Å². The molecule has 0 heterocycles. The molecular formula is C14H11F3N2O2. The summed E-state index contributed by atoms with van der Waals surface area (Å²) < 4.78 is 44.7. The van der Waals surface area contributed by atoms with Crippen molar-refractivity contribution in [3.63, 3.8) is 0 Å². The number of amides is 1. The summed E-state index contributed by atoms with van der Waals surface area (Å²) in [5.41, 5.74) is 5.25. The van der Waals surface area contributed by atoms with Crippen molar-refractivity contribution < 1.29 is 22.7 Å². The topological polar surface area (TPSA) is 64.3 Å². The molecule has 0 unspecified atom stereocenters. The van der Waals surface area contributed by atoms with Crippen molar-refractivity contribution in [2.24, 2.45) is 0 Å². The highest BCUT2D eigenvalue weighted by atomic mass is 19.1. The van der Waals surface area contributed by atoms with Crippen LogP contribution in [0.5, 0.6) is 5.75 Å². The Labute approximate surface area is 118 Å². The highest BCUT2D eigenvalue weighted by Crippen LogP contribution is 2.25. The molecular weight excluding hydrogens is 285 g/mol. The first-order valence-corrected chi connectivity index (χ1v) is 5.81. The maximum absolute atomic E-state index is 13.5. The quantitative estimate of drug-likeness (QED) is 0.856. The van der Waals surface area contributed by atoms with Crippen LogP contribution < -0.4 is 15.8 Å². The molecule has 0 spiro atoms. The number of nitrogens with one attached hydrogen (secondary N) is 1. The molecule has 2 aromatic rings. The molecule has 21 heavy (non-hydrogen) atoms. The van der Waals surface area contributed by atoms with Gasteiger partial charge in [0.15, 0.2) is 0 Å². The van der Waals surface area contributed by atoms with Crippen LogP contribution in [0.2, 0.25) is 0 Å². The van der Waals surface area contributed by atoms with E-state index < -0.39 is 28.9 Å². The van der Waals surface area contributed by atoms with Gasteiger partial charge in [-0.3, -0.25) is 4.79 Å². The Morgan fingerprint density at radius 3 is 2.29 bits per heavy atom. The molecule has 1 amide bonds. The largest absolute Gasteiger partial charge is 0.495 e. The fourth-order valence-corrected chi connectivity index (χ4v) is 1.76. The zero-order valence-electron chi connectivity index (χ0n) is 10.9. The molecule has 0 bridgehead atoms. The number of methoxy groups -OCH3 is 1. The van der Waals surface area contributed by atoms with E-state index in [0.29, 0.717) is 17.9 Å². The maximum Gasteiger partial charge on any atom is 0.261 e. The van der Waals surface area contributed by atoms with Crippen LogP contribution >= 0.6 is 0 Å². The van der Waals surface area contributed by atoms with Gasteiger partial charge in [0.25, 0.3) is 5.91 Å². The van der Waals surface area contributed by atoms with Crippen molar-refractivity contribution in [3.8, 4) is 5.75 Å². The fraction of sp³-hybridized carbons (Fsp3) is 0.0714. The second-order valence-corrected chi connectivity index (χ2v) is 4.16. The summed E-state index contributed by atoms with van der Waals surface area (Å²) in [7, 11) is 1.42. The predicted octanol–water partition coefficient (Wildman–Crippen LogP) is 2.95. The van der Waals surface area contributed by atoms with Crippen molar-refractivity contribution in [2.45, 2.75) is 0 Å². The summed E-state index contributed by atoms with van der Waals surface area (Å²) in [6.45, 7) is 0. The van der Waals surface area contributed by atoms with Gasteiger partial charge in [0.1, 0.15) is 28.8 Å². The Morgan fingerprint density at radius 2 is 1.76 bits per heavy atom. The average molecular weight is 296 g/mol. The van der Waals surface area contributed by atoms with Crippen molar-refractivity contribution in [1.29, 1.82) is 0 Å². The highest BCUT2D eigenvalue weighted by Gasteiger charge is 2.19. The van der Waals surface area contributed by atoms with Crippen LogP contribution in [0.1, 0.15) is 10.4 Å². The minimum absolute atomic E-state index is 0.224. The minimum Gasteiger partial charge on any atom is -0.495 e. The Balaban J connectivity index is 2.28. The molecule has 0 fully saturated rings.